The quantitative estimate of drug-likeness (QED) is 0.923. The zero-order chi connectivity index (χ0) is 15.5. The zero-order valence-corrected chi connectivity index (χ0v) is 14.7. The Morgan fingerprint density at radius 3 is 1.82 bits per heavy atom. The highest BCUT2D eigenvalue weighted by atomic mass is 32.1. The van der Waals surface area contributed by atoms with E-state index in [1.54, 1.807) is 22.7 Å². The Kier molecular flexibility index (Phi) is 5.20. The topological polar surface area (TPSA) is 52.5 Å². The molecular formula is C15H22N4OS2. The molecule has 0 amide bonds. The van der Waals surface area contributed by atoms with Crippen molar-refractivity contribution in [2.75, 3.05) is 26.2 Å². The number of aromatic nitrogens is 2. The first-order valence-electron chi connectivity index (χ1n) is 7.54. The molecule has 1 N–H and O–H groups in total. The van der Waals surface area contributed by atoms with Crippen molar-refractivity contribution >= 4 is 22.7 Å². The molecule has 2 aromatic heterocycles. The van der Waals surface area contributed by atoms with Crippen LogP contribution >= 0.6 is 22.7 Å². The van der Waals surface area contributed by atoms with Crippen molar-refractivity contribution in [3.05, 3.63) is 32.2 Å². The second-order valence-electron chi connectivity index (χ2n) is 5.82. The van der Waals surface area contributed by atoms with Gasteiger partial charge in [-0.15, -0.1) is 22.7 Å². The van der Waals surface area contributed by atoms with Crippen LogP contribution in [0.5, 0.6) is 0 Å². The molecule has 1 saturated heterocycles. The van der Waals surface area contributed by atoms with E-state index in [1.807, 2.05) is 26.2 Å². The number of aliphatic hydroxyl groups is 1. The van der Waals surface area contributed by atoms with Crippen molar-refractivity contribution in [3.8, 4) is 0 Å². The van der Waals surface area contributed by atoms with Crippen molar-refractivity contribution < 1.29 is 5.11 Å². The number of nitrogens with zero attached hydrogens (tertiary/aromatic N) is 4. The van der Waals surface area contributed by atoms with Gasteiger partial charge in [-0.1, -0.05) is 0 Å². The average Bonchev–Trinajstić information content (AvgIpc) is 2.99. The predicted molar refractivity (Wildman–Crippen MR) is 90.3 cm³/mol. The maximum atomic E-state index is 10.3. The molecule has 0 spiro atoms. The molecule has 2 aromatic rings. The molecular weight excluding hydrogens is 316 g/mol. The first kappa shape index (κ1) is 16.0. The van der Waals surface area contributed by atoms with Gasteiger partial charge in [-0.25, -0.2) is 9.97 Å². The fourth-order valence-electron chi connectivity index (χ4n) is 2.80. The van der Waals surface area contributed by atoms with Crippen molar-refractivity contribution in [1.82, 2.24) is 19.8 Å². The van der Waals surface area contributed by atoms with E-state index in [0.29, 0.717) is 0 Å². The molecule has 3 heterocycles. The summed E-state index contributed by atoms with van der Waals surface area (Å²) in [4.78, 5) is 15.8. The van der Waals surface area contributed by atoms with Crippen LogP contribution in [0.25, 0.3) is 0 Å². The smallest absolute Gasteiger partial charge is 0.0897 e. The van der Waals surface area contributed by atoms with Crippen LogP contribution in [0.1, 0.15) is 19.8 Å². The van der Waals surface area contributed by atoms with E-state index < -0.39 is 0 Å². The Labute approximate surface area is 139 Å². The van der Waals surface area contributed by atoms with E-state index in [1.165, 1.54) is 9.75 Å². The number of rotatable bonds is 4. The lowest BCUT2D eigenvalue weighted by Crippen LogP contribution is -2.32. The van der Waals surface area contributed by atoms with Gasteiger partial charge in [0.25, 0.3) is 0 Å². The van der Waals surface area contributed by atoms with Gasteiger partial charge in [0.1, 0.15) is 0 Å². The summed E-state index contributed by atoms with van der Waals surface area (Å²) in [6.45, 7) is 9.25. The predicted octanol–water partition coefficient (Wildman–Crippen LogP) is 1.90. The summed E-state index contributed by atoms with van der Waals surface area (Å²) >= 11 is 3.48. The van der Waals surface area contributed by atoms with Crippen LogP contribution in [0, 0.1) is 13.8 Å². The van der Waals surface area contributed by atoms with E-state index in [2.05, 4.69) is 19.8 Å². The molecule has 1 aliphatic heterocycles. The molecule has 0 unspecified atom stereocenters. The van der Waals surface area contributed by atoms with Gasteiger partial charge in [-0.3, -0.25) is 9.80 Å². The summed E-state index contributed by atoms with van der Waals surface area (Å²) in [5.41, 5.74) is 0. The van der Waals surface area contributed by atoms with Crippen LogP contribution < -0.4 is 0 Å². The number of hydrogen-bond acceptors (Lipinski definition) is 7. The standard InChI is InChI=1S/C15H22N4OS2/c1-11-16-5-14(21-11)9-18-3-4-19(8-13(20)7-18)10-15-6-17-12(2)22-15/h5-6,13,20H,3-4,7-10H2,1-2H3. The lowest BCUT2D eigenvalue weighted by molar-refractivity contribution is 0.106. The van der Waals surface area contributed by atoms with Crippen LogP contribution in [0.3, 0.4) is 0 Å². The summed E-state index contributed by atoms with van der Waals surface area (Å²) in [5.74, 6) is 0. The number of thiazole rings is 2. The summed E-state index contributed by atoms with van der Waals surface area (Å²) in [5, 5.41) is 12.5. The third-order valence-corrected chi connectivity index (χ3v) is 5.56. The molecule has 3 rings (SSSR count). The number of aliphatic hydroxyl groups excluding tert-OH is 1. The fourth-order valence-corrected chi connectivity index (χ4v) is 4.48. The maximum absolute atomic E-state index is 10.3. The van der Waals surface area contributed by atoms with Crippen LogP contribution in [0.15, 0.2) is 12.4 Å². The minimum atomic E-state index is -0.300. The maximum Gasteiger partial charge on any atom is 0.0897 e. The van der Waals surface area contributed by atoms with Gasteiger partial charge in [0, 0.05) is 61.4 Å². The summed E-state index contributed by atoms with van der Waals surface area (Å²) < 4.78 is 0. The molecule has 0 bridgehead atoms. The van der Waals surface area contributed by atoms with Gasteiger partial charge in [0.15, 0.2) is 0 Å². The van der Waals surface area contributed by atoms with Gasteiger partial charge in [-0.2, -0.15) is 0 Å². The lowest BCUT2D eigenvalue weighted by atomic mass is 10.3. The van der Waals surface area contributed by atoms with E-state index in [4.69, 9.17) is 0 Å². The van der Waals surface area contributed by atoms with Crippen LogP contribution in [-0.4, -0.2) is 57.2 Å². The minimum absolute atomic E-state index is 0.300. The Morgan fingerprint density at radius 1 is 1.00 bits per heavy atom. The molecule has 120 valence electrons. The summed E-state index contributed by atoms with van der Waals surface area (Å²) in [6.07, 6.45) is 3.61. The van der Waals surface area contributed by atoms with Gasteiger partial charge < -0.3 is 5.11 Å². The number of hydrogen-bond donors (Lipinski definition) is 1. The monoisotopic (exact) mass is 338 g/mol. The lowest BCUT2D eigenvalue weighted by Gasteiger charge is -2.20. The number of aryl methyl sites for hydroxylation is 2. The van der Waals surface area contributed by atoms with Crippen LogP contribution in [0.2, 0.25) is 0 Å². The molecule has 1 fully saturated rings. The molecule has 0 aliphatic carbocycles. The zero-order valence-electron chi connectivity index (χ0n) is 13.0. The third-order valence-electron chi connectivity index (χ3n) is 3.77. The van der Waals surface area contributed by atoms with Crippen molar-refractivity contribution in [3.63, 3.8) is 0 Å². The Bertz CT molecular complexity index is 560. The third kappa shape index (κ3) is 4.33. The van der Waals surface area contributed by atoms with E-state index >= 15 is 0 Å². The molecule has 0 atom stereocenters. The minimum Gasteiger partial charge on any atom is -0.390 e. The summed E-state index contributed by atoms with van der Waals surface area (Å²) in [7, 11) is 0. The highest BCUT2D eigenvalue weighted by Gasteiger charge is 2.22. The normalized spacial score (nSPS) is 18.7. The van der Waals surface area contributed by atoms with Crippen LogP contribution in [-0.2, 0) is 13.1 Å². The second kappa shape index (κ2) is 7.14. The van der Waals surface area contributed by atoms with Crippen LogP contribution in [0.4, 0.5) is 0 Å². The fraction of sp³-hybridized carbons (Fsp3) is 0.600. The van der Waals surface area contributed by atoms with E-state index in [-0.39, 0.29) is 6.10 Å². The molecule has 22 heavy (non-hydrogen) atoms. The average molecular weight is 339 g/mol. The molecule has 1 aliphatic rings. The van der Waals surface area contributed by atoms with Crippen molar-refractivity contribution in [1.29, 1.82) is 0 Å². The van der Waals surface area contributed by atoms with E-state index in [0.717, 1.165) is 49.3 Å². The van der Waals surface area contributed by atoms with Crippen molar-refractivity contribution in [2.45, 2.75) is 33.0 Å². The largest absolute Gasteiger partial charge is 0.390 e. The number of β-amino-alcohol motifs (C(OH)–C–C–N with tert-alkyl or cyclic N) is 1. The molecule has 0 radical (unpaired) electrons. The highest BCUT2D eigenvalue weighted by Crippen LogP contribution is 2.18. The van der Waals surface area contributed by atoms with Gasteiger partial charge in [-0.05, 0) is 13.8 Å². The van der Waals surface area contributed by atoms with Gasteiger partial charge >= 0.3 is 0 Å². The summed E-state index contributed by atoms with van der Waals surface area (Å²) in [6, 6.07) is 0. The first-order chi connectivity index (χ1) is 10.6. The Balaban J connectivity index is 1.57. The second-order valence-corrected chi connectivity index (χ2v) is 8.45. The van der Waals surface area contributed by atoms with Gasteiger partial charge in [0.05, 0.1) is 16.1 Å². The molecule has 5 nitrogen and oxygen atoms in total. The van der Waals surface area contributed by atoms with Gasteiger partial charge in [0.2, 0.25) is 0 Å². The molecule has 0 aromatic carbocycles. The Morgan fingerprint density at radius 2 is 1.45 bits per heavy atom. The first-order valence-corrected chi connectivity index (χ1v) is 9.17. The highest BCUT2D eigenvalue weighted by molar-refractivity contribution is 7.11. The molecule has 0 saturated carbocycles. The van der Waals surface area contributed by atoms with E-state index in [9.17, 15) is 5.11 Å². The molecule has 7 heteroatoms. The van der Waals surface area contributed by atoms with Crippen molar-refractivity contribution in [2.24, 2.45) is 0 Å². The SMILES string of the molecule is Cc1ncc(CN2CCN(Cc3cnc(C)s3)CC(O)C2)s1. The Hall–Kier alpha value is -0.860.